The predicted molar refractivity (Wildman–Crippen MR) is 106 cm³/mol. The number of aromatic hydroxyl groups is 4. The average Bonchev–Trinajstić information content (AvgIpc) is 2.61. The molecule has 0 aliphatic heterocycles. The standard InChI is InChI=1S/C22H30O5/c1-13(2)5-7-15-9-11-17(21(25)19(15)23)27-18-12-10-16(8-6-14(3)4)20(24)22(18)26/h9-14,23-26H,5-8H2,1-4H3. The van der Waals surface area contributed by atoms with Crippen molar-refractivity contribution in [3.05, 3.63) is 35.4 Å². The van der Waals surface area contributed by atoms with Crippen molar-refractivity contribution < 1.29 is 25.2 Å². The monoisotopic (exact) mass is 374 g/mol. The molecule has 0 aliphatic rings. The van der Waals surface area contributed by atoms with Crippen LogP contribution < -0.4 is 4.74 Å². The molecule has 2 aromatic carbocycles. The highest BCUT2D eigenvalue weighted by atomic mass is 16.5. The Morgan fingerprint density at radius 2 is 1.00 bits per heavy atom. The third kappa shape index (κ3) is 5.22. The Labute approximate surface area is 160 Å². The first-order valence-electron chi connectivity index (χ1n) is 9.46. The second-order valence-corrected chi connectivity index (χ2v) is 7.81. The molecule has 5 nitrogen and oxygen atoms in total. The zero-order valence-corrected chi connectivity index (χ0v) is 16.5. The maximum atomic E-state index is 10.2. The maximum absolute atomic E-state index is 10.2. The molecule has 2 rings (SSSR count). The molecule has 0 aliphatic carbocycles. The highest BCUT2D eigenvalue weighted by Gasteiger charge is 2.18. The molecule has 0 saturated heterocycles. The van der Waals surface area contributed by atoms with Crippen LogP contribution >= 0.6 is 0 Å². The van der Waals surface area contributed by atoms with E-state index in [0.717, 1.165) is 12.8 Å². The van der Waals surface area contributed by atoms with Gasteiger partial charge in [-0.05, 0) is 60.8 Å². The molecule has 0 heterocycles. The number of ether oxygens (including phenoxy) is 1. The van der Waals surface area contributed by atoms with E-state index in [1.165, 1.54) is 0 Å². The summed E-state index contributed by atoms with van der Waals surface area (Å²) in [5.41, 5.74) is 1.29. The number of phenolic OH excluding ortho intramolecular Hbond substituents is 4. The summed E-state index contributed by atoms with van der Waals surface area (Å²) in [4.78, 5) is 0. The molecule has 4 N–H and O–H groups in total. The fourth-order valence-electron chi connectivity index (χ4n) is 2.78. The smallest absolute Gasteiger partial charge is 0.201 e. The van der Waals surface area contributed by atoms with Gasteiger partial charge in [-0.15, -0.1) is 0 Å². The van der Waals surface area contributed by atoms with Crippen molar-refractivity contribution in [1.29, 1.82) is 0 Å². The summed E-state index contributed by atoms with van der Waals surface area (Å²) >= 11 is 0. The van der Waals surface area contributed by atoms with Gasteiger partial charge in [0.2, 0.25) is 11.5 Å². The number of rotatable bonds is 8. The van der Waals surface area contributed by atoms with Gasteiger partial charge in [-0.3, -0.25) is 0 Å². The molecular formula is C22H30O5. The summed E-state index contributed by atoms with van der Waals surface area (Å²) in [7, 11) is 0. The van der Waals surface area contributed by atoms with Gasteiger partial charge in [-0.2, -0.15) is 0 Å². The van der Waals surface area contributed by atoms with E-state index in [0.29, 0.717) is 35.8 Å². The molecule has 0 unspecified atom stereocenters. The van der Waals surface area contributed by atoms with E-state index in [2.05, 4.69) is 27.7 Å². The first kappa shape index (κ1) is 20.7. The Morgan fingerprint density at radius 1 is 0.630 bits per heavy atom. The zero-order chi connectivity index (χ0) is 20.1. The van der Waals surface area contributed by atoms with E-state index >= 15 is 0 Å². The predicted octanol–water partition coefficient (Wildman–Crippen LogP) is 5.48. The summed E-state index contributed by atoms with van der Waals surface area (Å²) in [6.45, 7) is 8.37. The largest absolute Gasteiger partial charge is 0.504 e. The lowest BCUT2D eigenvalue weighted by Gasteiger charge is -2.15. The molecule has 0 spiro atoms. The zero-order valence-electron chi connectivity index (χ0n) is 16.5. The summed E-state index contributed by atoms with van der Waals surface area (Å²) in [5, 5.41) is 40.9. The van der Waals surface area contributed by atoms with Gasteiger partial charge in [0.1, 0.15) is 0 Å². The third-order valence-electron chi connectivity index (χ3n) is 4.60. The van der Waals surface area contributed by atoms with Crippen LogP contribution in [0.25, 0.3) is 0 Å². The Morgan fingerprint density at radius 3 is 1.33 bits per heavy atom. The number of aryl methyl sites for hydroxylation is 2. The Hall–Kier alpha value is -2.56. The normalized spacial score (nSPS) is 11.3. The maximum Gasteiger partial charge on any atom is 0.201 e. The number of benzene rings is 2. The summed E-state index contributed by atoms with van der Waals surface area (Å²) < 4.78 is 5.54. The fraction of sp³-hybridized carbons (Fsp3) is 0.455. The highest BCUT2D eigenvalue weighted by molar-refractivity contribution is 5.59. The van der Waals surface area contributed by atoms with Crippen molar-refractivity contribution in [3.63, 3.8) is 0 Å². The van der Waals surface area contributed by atoms with Gasteiger partial charge < -0.3 is 25.2 Å². The van der Waals surface area contributed by atoms with Crippen molar-refractivity contribution in [1.82, 2.24) is 0 Å². The van der Waals surface area contributed by atoms with Crippen molar-refractivity contribution in [2.75, 3.05) is 0 Å². The molecule has 148 valence electrons. The quantitative estimate of drug-likeness (QED) is 0.460. The molecule has 0 aromatic heterocycles. The number of phenols is 4. The highest BCUT2D eigenvalue weighted by Crippen LogP contribution is 2.45. The second-order valence-electron chi connectivity index (χ2n) is 7.81. The second kappa shape index (κ2) is 8.89. The Bertz CT molecular complexity index is 715. The lowest BCUT2D eigenvalue weighted by Crippen LogP contribution is -1.95. The van der Waals surface area contributed by atoms with Crippen molar-refractivity contribution in [2.45, 2.75) is 53.4 Å². The van der Waals surface area contributed by atoms with Crippen LogP contribution in [0, 0.1) is 11.8 Å². The van der Waals surface area contributed by atoms with E-state index in [1.807, 2.05) is 0 Å². The van der Waals surface area contributed by atoms with Gasteiger partial charge in [0.05, 0.1) is 0 Å². The van der Waals surface area contributed by atoms with Crippen LogP contribution in [0.5, 0.6) is 34.5 Å². The number of hydrogen-bond donors (Lipinski definition) is 4. The van der Waals surface area contributed by atoms with E-state index < -0.39 is 0 Å². The lowest BCUT2D eigenvalue weighted by atomic mass is 10.0. The minimum Gasteiger partial charge on any atom is -0.504 e. The van der Waals surface area contributed by atoms with E-state index in [-0.39, 0.29) is 34.5 Å². The molecule has 0 radical (unpaired) electrons. The minimum atomic E-state index is -0.376. The van der Waals surface area contributed by atoms with Gasteiger partial charge in [0.25, 0.3) is 0 Å². The van der Waals surface area contributed by atoms with Gasteiger partial charge >= 0.3 is 0 Å². The van der Waals surface area contributed by atoms with Gasteiger partial charge in [-0.25, -0.2) is 0 Å². The Balaban J connectivity index is 2.21. The van der Waals surface area contributed by atoms with E-state index in [9.17, 15) is 20.4 Å². The molecule has 0 atom stereocenters. The first-order valence-corrected chi connectivity index (χ1v) is 9.46. The molecule has 5 heteroatoms. The topological polar surface area (TPSA) is 90.2 Å². The van der Waals surface area contributed by atoms with Gasteiger partial charge in [0.15, 0.2) is 23.0 Å². The molecule has 0 bridgehead atoms. The summed E-state index contributed by atoms with van der Waals surface area (Å²) in [6, 6.07) is 6.49. The van der Waals surface area contributed by atoms with Crippen molar-refractivity contribution in [3.8, 4) is 34.5 Å². The average molecular weight is 374 g/mol. The van der Waals surface area contributed by atoms with Crippen LogP contribution in [-0.4, -0.2) is 20.4 Å². The SMILES string of the molecule is CC(C)CCc1ccc(Oc2ccc(CCC(C)C)c(O)c2O)c(O)c1O. The lowest BCUT2D eigenvalue weighted by molar-refractivity contribution is 0.348. The minimum absolute atomic E-state index is 0.0189. The Kier molecular flexibility index (Phi) is 6.83. The first-order chi connectivity index (χ1) is 12.7. The number of hydrogen-bond acceptors (Lipinski definition) is 5. The van der Waals surface area contributed by atoms with Crippen LogP contribution in [0.2, 0.25) is 0 Å². The molecule has 0 amide bonds. The molecule has 2 aromatic rings. The van der Waals surface area contributed by atoms with E-state index in [4.69, 9.17) is 4.74 Å². The molecular weight excluding hydrogens is 344 g/mol. The van der Waals surface area contributed by atoms with Gasteiger partial charge in [-0.1, -0.05) is 39.8 Å². The van der Waals surface area contributed by atoms with Crippen LogP contribution in [0.3, 0.4) is 0 Å². The van der Waals surface area contributed by atoms with Crippen LogP contribution in [0.4, 0.5) is 0 Å². The van der Waals surface area contributed by atoms with E-state index in [1.54, 1.807) is 24.3 Å². The van der Waals surface area contributed by atoms with Crippen LogP contribution in [-0.2, 0) is 12.8 Å². The van der Waals surface area contributed by atoms with Crippen LogP contribution in [0.1, 0.15) is 51.7 Å². The van der Waals surface area contributed by atoms with Crippen molar-refractivity contribution >= 4 is 0 Å². The summed E-state index contributed by atoms with van der Waals surface area (Å²) in [5.74, 6) is -0.182. The van der Waals surface area contributed by atoms with Crippen LogP contribution in [0.15, 0.2) is 24.3 Å². The fourth-order valence-corrected chi connectivity index (χ4v) is 2.78. The van der Waals surface area contributed by atoms with Crippen molar-refractivity contribution in [2.24, 2.45) is 11.8 Å². The third-order valence-corrected chi connectivity index (χ3v) is 4.60. The molecule has 0 saturated carbocycles. The molecule has 0 fully saturated rings. The van der Waals surface area contributed by atoms with Gasteiger partial charge in [0, 0.05) is 0 Å². The summed E-state index contributed by atoms with van der Waals surface area (Å²) in [6.07, 6.45) is 3.07. The molecule has 27 heavy (non-hydrogen) atoms.